The van der Waals surface area contributed by atoms with Crippen molar-refractivity contribution < 1.29 is 19.7 Å². The van der Waals surface area contributed by atoms with Crippen LogP contribution in [0, 0.1) is 12.8 Å². The molecule has 1 atom stereocenters. The number of benzene rings is 1. The van der Waals surface area contributed by atoms with Gasteiger partial charge in [0.1, 0.15) is 11.5 Å². The quantitative estimate of drug-likeness (QED) is 0.820. The summed E-state index contributed by atoms with van der Waals surface area (Å²) in [6, 6.07) is 3.38. The zero-order valence-electron chi connectivity index (χ0n) is 9.65. The van der Waals surface area contributed by atoms with Gasteiger partial charge in [0, 0.05) is 0 Å². The average Bonchev–Trinajstić information content (AvgIpc) is 2.24. The highest BCUT2D eigenvalue weighted by atomic mass is 16.5. The fourth-order valence-electron chi connectivity index (χ4n) is 1.51. The van der Waals surface area contributed by atoms with Gasteiger partial charge in [-0.15, -0.1) is 0 Å². The van der Waals surface area contributed by atoms with Crippen molar-refractivity contribution in [2.75, 3.05) is 7.11 Å². The third kappa shape index (κ3) is 2.66. The molecular formula is C12H16O4. The van der Waals surface area contributed by atoms with Crippen molar-refractivity contribution in [1.29, 1.82) is 0 Å². The summed E-state index contributed by atoms with van der Waals surface area (Å²) < 4.78 is 5.07. The molecule has 0 saturated carbocycles. The number of phenolic OH excluding ortho intramolecular Hbond substituents is 1. The summed E-state index contributed by atoms with van der Waals surface area (Å²) in [4.78, 5) is 10.7. The first-order valence-corrected chi connectivity index (χ1v) is 5.05. The number of aryl methyl sites for hydroxylation is 1. The van der Waals surface area contributed by atoms with Gasteiger partial charge in [-0.1, -0.05) is 6.92 Å². The van der Waals surface area contributed by atoms with Crippen LogP contribution in [0.3, 0.4) is 0 Å². The summed E-state index contributed by atoms with van der Waals surface area (Å²) in [5.41, 5.74) is 1.29. The number of carbonyl (C=O) groups is 1. The summed E-state index contributed by atoms with van der Waals surface area (Å²) in [5.74, 6) is -0.630. The van der Waals surface area contributed by atoms with Crippen LogP contribution in [0.25, 0.3) is 0 Å². The minimum atomic E-state index is -0.875. The van der Waals surface area contributed by atoms with E-state index in [2.05, 4.69) is 0 Å². The molecule has 0 aromatic heterocycles. The Labute approximate surface area is 94.5 Å². The van der Waals surface area contributed by atoms with Gasteiger partial charge in [-0.3, -0.25) is 4.79 Å². The van der Waals surface area contributed by atoms with Crippen molar-refractivity contribution in [3.05, 3.63) is 23.3 Å². The van der Waals surface area contributed by atoms with E-state index >= 15 is 0 Å². The predicted octanol–water partition coefficient (Wildman–Crippen LogP) is 1.97. The van der Waals surface area contributed by atoms with E-state index in [0.29, 0.717) is 23.3 Å². The SMILES string of the molecule is COc1cc(C)c(O)c(CC(C)C(=O)O)c1. The van der Waals surface area contributed by atoms with Gasteiger partial charge in [-0.25, -0.2) is 0 Å². The number of aromatic hydroxyl groups is 1. The lowest BCUT2D eigenvalue weighted by molar-refractivity contribution is -0.141. The number of ether oxygens (including phenoxy) is 1. The molecule has 1 unspecified atom stereocenters. The maximum atomic E-state index is 10.7. The lowest BCUT2D eigenvalue weighted by atomic mass is 9.98. The van der Waals surface area contributed by atoms with E-state index < -0.39 is 11.9 Å². The molecule has 0 saturated heterocycles. The largest absolute Gasteiger partial charge is 0.507 e. The third-order valence-corrected chi connectivity index (χ3v) is 2.54. The van der Waals surface area contributed by atoms with Crippen molar-refractivity contribution >= 4 is 5.97 Å². The Bertz CT molecular complexity index is 398. The van der Waals surface area contributed by atoms with Gasteiger partial charge in [-0.05, 0) is 36.6 Å². The van der Waals surface area contributed by atoms with Crippen molar-refractivity contribution in [3.63, 3.8) is 0 Å². The van der Waals surface area contributed by atoms with E-state index in [9.17, 15) is 9.90 Å². The van der Waals surface area contributed by atoms with E-state index in [4.69, 9.17) is 9.84 Å². The minimum Gasteiger partial charge on any atom is -0.507 e. The van der Waals surface area contributed by atoms with Gasteiger partial charge < -0.3 is 14.9 Å². The maximum Gasteiger partial charge on any atom is 0.306 e. The molecule has 0 amide bonds. The van der Waals surface area contributed by atoms with E-state index in [1.165, 1.54) is 7.11 Å². The first-order chi connectivity index (χ1) is 7.45. The van der Waals surface area contributed by atoms with E-state index in [1.54, 1.807) is 26.0 Å². The van der Waals surface area contributed by atoms with E-state index in [1.807, 2.05) is 0 Å². The summed E-state index contributed by atoms with van der Waals surface area (Å²) in [5, 5.41) is 18.6. The highest BCUT2D eigenvalue weighted by Crippen LogP contribution is 2.29. The summed E-state index contributed by atoms with van der Waals surface area (Å²) in [7, 11) is 1.54. The topological polar surface area (TPSA) is 66.8 Å². The fraction of sp³-hybridized carbons (Fsp3) is 0.417. The van der Waals surface area contributed by atoms with Gasteiger partial charge in [0.15, 0.2) is 0 Å². The molecule has 88 valence electrons. The van der Waals surface area contributed by atoms with Crippen molar-refractivity contribution in [3.8, 4) is 11.5 Å². The minimum absolute atomic E-state index is 0.147. The van der Waals surface area contributed by atoms with Crippen molar-refractivity contribution in [1.82, 2.24) is 0 Å². The Hall–Kier alpha value is -1.71. The molecular weight excluding hydrogens is 208 g/mol. The molecule has 2 N–H and O–H groups in total. The monoisotopic (exact) mass is 224 g/mol. The molecule has 16 heavy (non-hydrogen) atoms. The number of rotatable bonds is 4. The Kier molecular flexibility index (Phi) is 3.77. The van der Waals surface area contributed by atoms with Crippen LogP contribution in [0.15, 0.2) is 12.1 Å². The molecule has 0 aliphatic rings. The number of carboxylic acid groups (broad SMARTS) is 1. The standard InChI is InChI=1S/C12H16O4/c1-7-5-10(16-3)6-9(11(7)13)4-8(2)12(14)15/h5-6,8,13H,4H2,1-3H3,(H,14,15). The first-order valence-electron chi connectivity index (χ1n) is 5.05. The van der Waals surface area contributed by atoms with Crippen LogP contribution in [-0.2, 0) is 11.2 Å². The molecule has 0 bridgehead atoms. The summed E-state index contributed by atoms with van der Waals surface area (Å²) in [6.07, 6.45) is 0.291. The van der Waals surface area contributed by atoms with Crippen molar-refractivity contribution in [2.24, 2.45) is 5.92 Å². The predicted molar refractivity (Wildman–Crippen MR) is 59.9 cm³/mol. The molecule has 0 aliphatic heterocycles. The lowest BCUT2D eigenvalue weighted by Gasteiger charge is -2.12. The van der Waals surface area contributed by atoms with Gasteiger partial charge in [-0.2, -0.15) is 0 Å². The molecule has 0 fully saturated rings. The highest BCUT2D eigenvalue weighted by Gasteiger charge is 2.16. The number of carboxylic acids is 1. The van der Waals surface area contributed by atoms with Crippen LogP contribution in [0.5, 0.6) is 11.5 Å². The zero-order valence-corrected chi connectivity index (χ0v) is 9.65. The van der Waals surface area contributed by atoms with Gasteiger partial charge in [0.2, 0.25) is 0 Å². The molecule has 0 heterocycles. The van der Waals surface area contributed by atoms with Crippen LogP contribution in [0.4, 0.5) is 0 Å². The first kappa shape index (κ1) is 12.4. The average molecular weight is 224 g/mol. The highest BCUT2D eigenvalue weighted by molar-refractivity contribution is 5.70. The Morgan fingerprint density at radius 3 is 2.62 bits per heavy atom. The number of phenols is 1. The second-order valence-corrected chi connectivity index (χ2v) is 3.90. The molecule has 1 aromatic rings. The molecule has 0 spiro atoms. The summed E-state index contributed by atoms with van der Waals surface area (Å²) >= 11 is 0. The second kappa shape index (κ2) is 4.88. The number of methoxy groups -OCH3 is 1. The maximum absolute atomic E-state index is 10.7. The molecule has 0 aliphatic carbocycles. The fourth-order valence-corrected chi connectivity index (χ4v) is 1.51. The number of hydrogen-bond acceptors (Lipinski definition) is 3. The molecule has 4 nitrogen and oxygen atoms in total. The summed E-state index contributed by atoms with van der Waals surface area (Å²) in [6.45, 7) is 3.36. The third-order valence-electron chi connectivity index (χ3n) is 2.54. The lowest BCUT2D eigenvalue weighted by Crippen LogP contribution is -2.12. The molecule has 4 heteroatoms. The Morgan fingerprint density at radius 2 is 2.12 bits per heavy atom. The second-order valence-electron chi connectivity index (χ2n) is 3.90. The molecule has 0 radical (unpaired) electrons. The van der Waals surface area contributed by atoms with Crippen LogP contribution in [0.2, 0.25) is 0 Å². The van der Waals surface area contributed by atoms with Gasteiger partial charge in [0.05, 0.1) is 13.0 Å². The number of hydrogen-bond donors (Lipinski definition) is 2. The van der Waals surface area contributed by atoms with E-state index in [0.717, 1.165) is 0 Å². The van der Waals surface area contributed by atoms with Crippen LogP contribution >= 0.6 is 0 Å². The normalized spacial score (nSPS) is 12.2. The van der Waals surface area contributed by atoms with Gasteiger partial charge >= 0.3 is 5.97 Å². The molecule has 1 rings (SSSR count). The zero-order chi connectivity index (χ0) is 12.3. The van der Waals surface area contributed by atoms with Crippen LogP contribution < -0.4 is 4.74 Å². The Morgan fingerprint density at radius 1 is 1.50 bits per heavy atom. The van der Waals surface area contributed by atoms with Crippen molar-refractivity contribution in [2.45, 2.75) is 20.3 Å². The smallest absolute Gasteiger partial charge is 0.306 e. The van der Waals surface area contributed by atoms with Crippen LogP contribution in [-0.4, -0.2) is 23.3 Å². The molecule has 1 aromatic carbocycles. The Balaban J connectivity index is 3.03. The number of aliphatic carboxylic acids is 1. The van der Waals surface area contributed by atoms with Crippen LogP contribution in [0.1, 0.15) is 18.1 Å². The van der Waals surface area contributed by atoms with Gasteiger partial charge in [0.25, 0.3) is 0 Å². The van der Waals surface area contributed by atoms with E-state index in [-0.39, 0.29) is 5.75 Å².